The standard InChI is InChI=1S/C27H46N2O3/c1-2-3-4-5-6-7-8-9-10-11-12-13-14-15-16-17-27(31)29-23-24-18-19-26(25(30)22-24)32-21-20-28/h9-10,18-19,22,30H,2-8,11-17,20-21,23,28H2,1H3,(H,29,31)/b10-9-. The van der Waals surface area contributed by atoms with Crippen molar-refractivity contribution in [3.63, 3.8) is 0 Å². The van der Waals surface area contributed by atoms with Crippen LogP contribution in [0.25, 0.3) is 0 Å². The average molecular weight is 447 g/mol. The molecule has 0 saturated heterocycles. The van der Waals surface area contributed by atoms with Crippen molar-refractivity contribution < 1.29 is 14.6 Å². The van der Waals surface area contributed by atoms with Crippen LogP contribution < -0.4 is 15.8 Å². The number of amides is 1. The molecule has 0 unspecified atom stereocenters. The van der Waals surface area contributed by atoms with E-state index in [1.165, 1.54) is 70.6 Å². The number of ether oxygens (including phenoxy) is 1. The third-order valence-electron chi connectivity index (χ3n) is 5.55. The summed E-state index contributed by atoms with van der Waals surface area (Å²) < 4.78 is 5.34. The second-order valence-electron chi connectivity index (χ2n) is 8.55. The third kappa shape index (κ3) is 14.9. The van der Waals surface area contributed by atoms with E-state index in [-0.39, 0.29) is 11.7 Å². The molecule has 1 rings (SSSR count). The van der Waals surface area contributed by atoms with E-state index in [1.54, 1.807) is 12.1 Å². The molecule has 1 amide bonds. The van der Waals surface area contributed by atoms with Gasteiger partial charge in [0.25, 0.3) is 0 Å². The molecule has 0 aromatic heterocycles. The highest BCUT2D eigenvalue weighted by atomic mass is 16.5. The molecule has 0 bridgehead atoms. The highest BCUT2D eigenvalue weighted by Crippen LogP contribution is 2.26. The SMILES string of the molecule is CCCCCCCC/C=C\CCCCCCCC(=O)NCc1ccc(OCCN)c(O)c1. The monoisotopic (exact) mass is 446 g/mol. The van der Waals surface area contributed by atoms with Crippen LogP contribution in [0.1, 0.15) is 102 Å². The average Bonchev–Trinajstić information content (AvgIpc) is 2.79. The molecule has 5 heteroatoms. The molecule has 0 radical (unpaired) electrons. The Morgan fingerprint density at radius 3 is 2.22 bits per heavy atom. The van der Waals surface area contributed by atoms with Crippen LogP contribution in [0.2, 0.25) is 0 Å². The zero-order chi connectivity index (χ0) is 23.3. The molecular weight excluding hydrogens is 400 g/mol. The zero-order valence-corrected chi connectivity index (χ0v) is 20.2. The number of unbranched alkanes of at least 4 members (excludes halogenated alkanes) is 11. The number of benzene rings is 1. The van der Waals surface area contributed by atoms with Crippen LogP contribution in [0.15, 0.2) is 30.4 Å². The molecule has 0 saturated carbocycles. The summed E-state index contributed by atoms with van der Waals surface area (Å²) in [6.45, 7) is 3.43. The molecule has 5 nitrogen and oxygen atoms in total. The molecule has 0 spiro atoms. The van der Waals surface area contributed by atoms with E-state index in [4.69, 9.17) is 10.5 Å². The van der Waals surface area contributed by atoms with Crippen LogP contribution in [-0.2, 0) is 11.3 Å². The second kappa shape index (κ2) is 19.7. The number of nitrogens with two attached hydrogens (primary N) is 1. The number of carbonyl (C=O) groups is 1. The van der Waals surface area contributed by atoms with Gasteiger partial charge in [-0.2, -0.15) is 0 Å². The highest BCUT2D eigenvalue weighted by molar-refractivity contribution is 5.75. The fourth-order valence-corrected chi connectivity index (χ4v) is 3.61. The first-order chi connectivity index (χ1) is 15.7. The van der Waals surface area contributed by atoms with Crippen LogP contribution in [0.5, 0.6) is 11.5 Å². The molecule has 32 heavy (non-hydrogen) atoms. The summed E-state index contributed by atoms with van der Waals surface area (Å²) in [5.74, 6) is 0.548. The molecule has 1 aromatic rings. The van der Waals surface area contributed by atoms with Gasteiger partial charge in [-0.25, -0.2) is 0 Å². The number of phenolic OH excluding ortho intramolecular Hbond substituents is 1. The molecule has 182 valence electrons. The van der Waals surface area contributed by atoms with Gasteiger partial charge < -0.3 is 20.9 Å². The molecule has 0 aliphatic heterocycles. The molecule has 0 atom stereocenters. The molecule has 0 fully saturated rings. The van der Waals surface area contributed by atoms with Crippen LogP contribution in [0.3, 0.4) is 0 Å². The summed E-state index contributed by atoms with van der Waals surface area (Å²) in [6, 6.07) is 5.17. The van der Waals surface area contributed by atoms with Gasteiger partial charge in [-0.15, -0.1) is 0 Å². The maximum absolute atomic E-state index is 12.0. The summed E-state index contributed by atoms with van der Waals surface area (Å²) in [5.41, 5.74) is 6.24. The van der Waals surface area contributed by atoms with Crippen molar-refractivity contribution in [2.24, 2.45) is 5.73 Å². The Labute approximate surface area is 195 Å². The van der Waals surface area contributed by atoms with E-state index in [0.29, 0.717) is 31.9 Å². The number of allylic oxidation sites excluding steroid dienone is 2. The Kier molecular flexibility index (Phi) is 17.2. The van der Waals surface area contributed by atoms with E-state index in [2.05, 4.69) is 24.4 Å². The summed E-state index contributed by atoms with van der Waals surface area (Å²) >= 11 is 0. The normalized spacial score (nSPS) is 11.2. The maximum atomic E-state index is 12.0. The van der Waals surface area contributed by atoms with Crippen LogP contribution in [-0.4, -0.2) is 24.2 Å². The van der Waals surface area contributed by atoms with Crippen molar-refractivity contribution in [3.8, 4) is 11.5 Å². The first-order valence-electron chi connectivity index (χ1n) is 12.7. The zero-order valence-electron chi connectivity index (χ0n) is 20.2. The first-order valence-corrected chi connectivity index (χ1v) is 12.7. The second-order valence-corrected chi connectivity index (χ2v) is 8.55. The van der Waals surface area contributed by atoms with E-state index in [1.807, 2.05) is 6.07 Å². The smallest absolute Gasteiger partial charge is 0.220 e. The Bertz CT molecular complexity index is 631. The lowest BCUT2D eigenvalue weighted by Crippen LogP contribution is -2.22. The van der Waals surface area contributed by atoms with E-state index < -0.39 is 0 Å². The van der Waals surface area contributed by atoms with Gasteiger partial charge in [-0.1, -0.05) is 76.5 Å². The summed E-state index contributed by atoms with van der Waals surface area (Å²) in [6.07, 6.45) is 21.5. The number of hydrogen-bond acceptors (Lipinski definition) is 4. The molecule has 1 aromatic carbocycles. The lowest BCUT2D eigenvalue weighted by atomic mass is 10.1. The number of carbonyl (C=O) groups excluding carboxylic acids is 1. The quantitative estimate of drug-likeness (QED) is 0.160. The molecule has 4 N–H and O–H groups in total. The lowest BCUT2D eigenvalue weighted by Gasteiger charge is -2.09. The van der Waals surface area contributed by atoms with Gasteiger partial charge in [-0.3, -0.25) is 4.79 Å². The molecular formula is C27H46N2O3. The van der Waals surface area contributed by atoms with Crippen LogP contribution >= 0.6 is 0 Å². The Hall–Kier alpha value is -2.01. The van der Waals surface area contributed by atoms with Crippen molar-refractivity contribution in [1.29, 1.82) is 0 Å². The van der Waals surface area contributed by atoms with Crippen molar-refractivity contribution in [3.05, 3.63) is 35.9 Å². The highest BCUT2D eigenvalue weighted by Gasteiger charge is 2.06. The number of nitrogens with one attached hydrogen (secondary N) is 1. The van der Waals surface area contributed by atoms with Gasteiger partial charge in [0.1, 0.15) is 6.61 Å². The fourth-order valence-electron chi connectivity index (χ4n) is 3.61. The van der Waals surface area contributed by atoms with Crippen molar-refractivity contribution in [2.45, 2.75) is 103 Å². The fraction of sp³-hybridized carbons (Fsp3) is 0.667. The van der Waals surface area contributed by atoms with Gasteiger partial charge in [0.05, 0.1) is 0 Å². The minimum Gasteiger partial charge on any atom is -0.504 e. The Balaban J connectivity index is 1.96. The van der Waals surface area contributed by atoms with Gasteiger partial charge in [-0.05, 0) is 49.8 Å². The number of phenols is 1. The Morgan fingerprint density at radius 2 is 1.59 bits per heavy atom. The van der Waals surface area contributed by atoms with E-state index in [0.717, 1.165) is 18.4 Å². The van der Waals surface area contributed by atoms with Crippen molar-refractivity contribution in [2.75, 3.05) is 13.2 Å². The van der Waals surface area contributed by atoms with E-state index >= 15 is 0 Å². The van der Waals surface area contributed by atoms with Crippen LogP contribution in [0, 0.1) is 0 Å². The minimum atomic E-state index is 0.0607. The van der Waals surface area contributed by atoms with E-state index in [9.17, 15) is 9.90 Å². The predicted molar refractivity (Wildman–Crippen MR) is 134 cm³/mol. The molecule has 0 aliphatic rings. The molecule has 0 heterocycles. The van der Waals surface area contributed by atoms with Gasteiger partial charge in [0.15, 0.2) is 11.5 Å². The minimum absolute atomic E-state index is 0.0607. The molecule has 0 aliphatic carbocycles. The summed E-state index contributed by atoms with van der Waals surface area (Å²) in [4.78, 5) is 12.0. The van der Waals surface area contributed by atoms with Crippen molar-refractivity contribution in [1.82, 2.24) is 5.32 Å². The maximum Gasteiger partial charge on any atom is 0.220 e. The summed E-state index contributed by atoms with van der Waals surface area (Å²) in [7, 11) is 0. The topological polar surface area (TPSA) is 84.6 Å². The predicted octanol–water partition coefficient (Wildman–Crippen LogP) is 6.38. The van der Waals surface area contributed by atoms with Gasteiger partial charge in [0.2, 0.25) is 5.91 Å². The van der Waals surface area contributed by atoms with Gasteiger partial charge in [0, 0.05) is 19.5 Å². The van der Waals surface area contributed by atoms with Gasteiger partial charge >= 0.3 is 0 Å². The van der Waals surface area contributed by atoms with Crippen LogP contribution in [0.4, 0.5) is 0 Å². The number of aromatic hydroxyl groups is 1. The Morgan fingerprint density at radius 1 is 0.969 bits per heavy atom. The number of hydrogen-bond donors (Lipinski definition) is 3. The summed E-state index contributed by atoms with van der Waals surface area (Å²) in [5, 5.41) is 12.9. The van der Waals surface area contributed by atoms with Crippen molar-refractivity contribution >= 4 is 5.91 Å². The lowest BCUT2D eigenvalue weighted by molar-refractivity contribution is -0.121. The first kappa shape index (κ1) is 28.0. The number of rotatable bonds is 20. The third-order valence-corrected chi connectivity index (χ3v) is 5.55. The largest absolute Gasteiger partial charge is 0.504 e.